The summed E-state index contributed by atoms with van der Waals surface area (Å²) in [5.41, 5.74) is 0.845. The van der Waals surface area contributed by atoms with Crippen LogP contribution in [0, 0.1) is 0 Å². The van der Waals surface area contributed by atoms with E-state index in [-0.39, 0.29) is 6.61 Å². The normalized spacial score (nSPS) is 23.5. The molecular weight excluding hydrogens is 410 g/mol. The van der Waals surface area contributed by atoms with Crippen molar-refractivity contribution in [2.24, 2.45) is 0 Å². The third-order valence-corrected chi connectivity index (χ3v) is 5.34. The van der Waals surface area contributed by atoms with Crippen LogP contribution in [0.25, 0.3) is 0 Å². The third-order valence-electron chi connectivity index (χ3n) is 4.04. The second kappa shape index (κ2) is 8.64. The van der Waals surface area contributed by atoms with Crippen LogP contribution >= 0.6 is 0 Å². The highest BCUT2D eigenvalue weighted by molar-refractivity contribution is 7.88. The molecule has 1 fully saturated rings. The first-order chi connectivity index (χ1) is 12.8. The second-order valence-corrected chi connectivity index (χ2v) is 10.6. The van der Waals surface area contributed by atoms with Gasteiger partial charge in [-0.1, -0.05) is 12.1 Å². The van der Waals surface area contributed by atoms with Gasteiger partial charge in [0.2, 0.25) is 10.0 Å². The van der Waals surface area contributed by atoms with Crippen molar-refractivity contribution in [2.75, 3.05) is 26.2 Å². The molecule has 0 aliphatic carbocycles. The molecule has 1 aromatic carbocycles. The average Bonchev–Trinajstić information content (AvgIpc) is 2.86. The van der Waals surface area contributed by atoms with Crippen molar-refractivity contribution >= 4 is 20.1 Å². The smallest absolute Gasteiger partial charge is 0.264 e. The summed E-state index contributed by atoms with van der Waals surface area (Å²) in [7, 11) is -5.70. The lowest BCUT2D eigenvalue weighted by atomic mass is 9.99. The minimum Gasteiger partial charge on any atom is -0.497 e. The van der Waals surface area contributed by atoms with Crippen molar-refractivity contribution in [3.63, 3.8) is 0 Å². The van der Waals surface area contributed by atoms with Crippen LogP contribution in [0.4, 0.5) is 0 Å². The van der Waals surface area contributed by atoms with Crippen LogP contribution in [0.5, 0.6) is 5.75 Å². The van der Waals surface area contributed by atoms with E-state index in [1.54, 1.807) is 33.1 Å². The van der Waals surface area contributed by atoms with Gasteiger partial charge in [0.1, 0.15) is 18.0 Å². The van der Waals surface area contributed by atoms with Crippen LogP contribution in [0.3, 0.4) is 0 Å². The first-order valence-corrected chi connectivity index (χ1v) is 12.3. The van der Waals surface area contributed by atoms with E-state index in [4.69, 9.17) is 18.4 Å². The van der Waals surface area contributed by atoms with Gasteiger partial charge in [0.15, 0.2) is 5.79 Å². The molecule has 2 rings (SSSR count). The van der Waals surface area contributed by atoms with E-state index < -0.39 is 44.2 Å². The average molecular weight is 438 g/mol. The Kier molecular flexibility index (Phi) is 7.11. The summed E-state index contributed by atoms with van der Waals surface area (Å²) in [5, 5.41) is 0. The maximum atomic E-state index is 11.9. The zero-order chi connectivity index (χ0) is 21.2. The van der Waals surface area contributed by atoms with Gasteiger partial charge in [0, 0.05) is 0 Å². The number of nitrogens with one attached hydrogen (secondary N) is 1. The topological polar surface area (TPSA) is 117 Å². The molecule has 0 amide bonds. The summed E-state index contributed by atoms with van der Waals surface area (Å²) in [6.07, 6.45) is 0.760. The first-order valence-electron chi connectivity index (χ1n) is 8.58. The molecule has 1 N–H and O–H groups in total. The van der Waals surface area contributed by atoms with E-state index in [0.717, 1.165) is 18.1 Å². The summed E-state index contributed by atoms with van der Waals surface area (Å²) in [4.78, 5) is 0. The van der Waals surface area contributed by atoms with Crippen LogP contribution in [0.1, 0.15) is 19.4 Å². The highest BCUT2D eigenvalue weighted by Gasteiger charge is 2.46. The summed E-state index contributed by atoms with van der Waals surface area (Å²) >= 11 is 0. The van der Waals surface area contributed by atoms with E-state index in [9.17, 15) is 16.8 Å². The van der Waals surface area contributed by atoms with E-state index in [1.807, 2.05) is 12.1 Å². The molecule has 0 radical (unpaired) electrons. The van der Waals surface area contributed by atoms with Gasteiger partial charge in [0.25, 0.3) is 10.1 Å². The molecule has 1 saturated heterocycles. The van der Waals surface area contributed by atoms with Gasteiger partial charge in [-0.15, -0.1) is 0 Å². The van der Waals surface area contributed by atoms with Crippen LogP contribution in [-0.2, 0) is 40.2 Å². The largest absolute Gasteiger partial charge is 0.497 e. The van der Waals surface area contributed by atoms with Crippen molar-refractivity contribution in [3.8, 4) is 5.75 Å². The number of rotatable bonds is 9. The Bertz CT molecular complexity index is 865. The summed E-state index contributed by atoms with van der Waals surface area (Å²) in [6, 6.07) is 6.48. The lowest BCUT2D eigenvalue weighted by Crippen LogP contribution is -2.49. The predicted octanol–water partition coefficient (Wildman–Crippen LogP) is 0.652. The van der Waals surface area contributed by atoms with Crippen LogP contribution in [0.2, 0.25) is 0 Å². The molecule has 1 heterocycles. The Labute approximate surface area is 166 Å². The fraction of sp³-hybridized carbons (Fsp3) is 0.647. The predicted molar refractivity (Wildman–Crippen MR) is 103 cm³/mol. The maximum absolute atomic E-state index is 11.9. The van der Waals surface area contributed by atoms with Crippen LogP contribution < -0.4 is 9.46 Å². The second-order valence-electron chi connectivity index (χ2n) is 7.18. The number of methoxy groups -OCH3 is 1. The molecule has 0 saturated carbocycles. The molecule has 0 unspecified atom stereocenters. The molecule has 3 atom stereocenters. The molecule has 1 aliphatic rings. The first kappa shape index (κ1) is 23.0. The molecule has 28 heavy (non-hydrogen) atoms. The summed E-state index contributed by atoms with van der Waals surface area (Å²) < 4.78 is 70.8. The van der Waals surface area contributed by atoms with Gasteiger partial charge in [-0.05, 0) is 38.0 Å². The molecule has 11 heteroatoms. The Morgan fingerprint density at radius 2 is 1.71 bits per heavy atom. The van der Waals surface area contributed by atoms with E-state index in [0.29, 0.717) is 12.2 Å². The molecule has 9 nitrogen and oxygen atoms in total. The molecule has 160 valence electrons. The molecule has 1 aromatic rings. The fourth-order valence-corrected chi connectivity index (χ4v) is 4.19. The minimum absolute atomic E-state index is 0.280. The summed E-state index contributed by atoms with van der Waals surface area (Å²) in [6.45, 7) is 3.06. The zero-order valence-electron chi connectivity index (χ0n) is 16.5. The SMILES string of the molecule is COc1ccc(C[C@@H](NS(C)(=O)=O)[C@@H]2OC(C)(C)O[C@H]2COS(C)(=O)=O)cc1. The minimum atomic E-state index is -3.69. The van der Waals surface area contributed by atoms with Gasteiger partial charge < -0.3 is 14.2 Å². The van der Waals surface area contributed by atoms with Crippen molar-refractivity contribution in [1.29, 1.82) is 0 Å². The number of benzene rings is 1. The van der Waals surface area contributed by atoms with Gasteiger partial charge in [0.05, 0.1) is 32.3 Å². The number of sulfonamides is 1. The Morgan fingerprint density at radius 1 is 1.11 bits per heavy atom. The molecule has 0 spiro atoms. The summed E-state index contributed by atoms with van der Waals surface area (Å²) in [5.74, 6) is -0.342. The van der Waals surface area contributed by atoms with Crippen molar-refractivity contribution in [3.05, 3.63) is 29.8 Å². The monoisotopic (exact) mass is 437 g/mol. The standard InChI is InChI=1S/C17H27NO8S2/c1-17(2)25-15(11-24-28(5,21)22)16(26-17)14(18-27(4,19)20)10-12-6-8-13(23-3)9-7-12/h6-9,14-16,18H,10-11H2,1-5H3/t14-,15+,16+/m1/s1. The Morgan fingerprint density at radius 3 is 2.21 bits per heavy atom. The van der Waals surface area contributed by atoms with Crippen molar-refractivity contribution < 1.29 is 35.2 Å². The third kappa shape index (κ3) is 7.30. The zero-order valence-corrected chi connectivity index (χ0v) is 18.2. The van der Waals surface area contributed by atoms with E-state index >= 15 is 0 Å². The molecule has 1 aliphatic heterocycles. The van der Waals surface area contributed by atoms with Gasteiger partial charge in [-0.3, -0.25) is 4.18 Å². The number of hydrogen-bond acceptors (Lipinski definition) is 8. The Hall–Kier alpha value is -1.24. The van der Waals surface area contributed by atoms with Gasteiger partial charge in [-0.25, -0.2) is 13.1 Å². The highest BCUT2D eigenvalue weighted by atomic mass is 32.2. The van der Waals surface area contributed by atoms with Crippen molar-refractivity contribution in [1.82, 2.24) is 4.72 Å². The quantitative estimate of drug-likeness (QED) is 0.560. The maximum Gasteiger partial charge on any atom is 0.264 e. The van der Waals surface area contributed by atoms with Crippen LogP contribution in [-0.4, -0.2) is 67.1 Å². The van der Waals surface area contributed by atoms with Crippen LogP contribution in [0.15, 0.2) is 24.3 Å². The number of hydrogen-bond donors (Lipinski definition) is 1. The highest BCUT2D eigenvalue weighted by Crippen LogP contribution is 2.32. The Balaban J connectivity index is 2.27. The van der Waals surface area contributed by atoms with Gasteiger partial charge >= 0.3 is 0 Å². The lowest BCUT2D eigenvalue weighted by Gasteiger charge is -2.27. The lowest BCUT2D eigenvalue weighted by molar-refractivity contribution is -0.150. The number of ether oxygens (including phenoxy) is 3. The van der Waals surface area contributed by atoms with Crippen molar-refractivity contribution in [2.45, 2.75) is 44.3 Å². The van der Waals surface area contributed by atoms with Gasteiger partial charge in [-0.2, -0.15) is 8.42 Å². The molecule has 0 bridgehead atoms. The van der Waals surface area contributed by atoms with E-state index in [2.05, 4.69) is 4.72 Å². The molecular formula is C17H27NO8S2. The molecule has 0 aromatic heterocycles. The fourth-order valence-electron chi connectivity index (χ4n) is 3.04. The van der Waals surface area contributed by atoms with E-state index in [1.165, 1.54) is 0 Å².